The van der Waals surface area contributed by atoms with E-state index in [1.54, 1.807) is 4.90 Å². The molecule has 150 valence electrons. The highest BCUT2D eigenvalue weighted by molar-refractivity contribution is 6.07. The fraction of sp³-hybridized carbons (Fsp3) is 0.571. The van der Waals surface area contributed by atoms with E-state index in [2.05, 4.69) is 17.4 Å². The number of nitrogens with one attached hydrogen (secondary N) is 1. The van der Waals surface area contributed by atoms with E-state index < -0.39 is 11.1 Å². The van der Waals surface area contributed by atoms with E-state index in [-0.39, 0.29) is 24.1 Å². The molecule has 1 aromatic carbocycles. The van der Waals surface area contributed by atoms with Crippen LogP contribution in [0.4, 0.5) is 9.59 Å². The van der Waals surface area contributed by atoms with Crippen LogP contribution in [0.5, 0.6) is 0 Å². The predicted octanol–water partition coefficient (Wildman–Crippen LogP) is 2.48. The number of likely N-dealkylation sites (tertiary alicyclic amines) is 1. The van der Waals surface area contributed by atoms with Gasteiger partial charge in [0, 0.05) is 19.1 Å². The van der Waals surface area contributed by atoms with Crippen molar-refractivity contribution in [3.63, 3.8) is 0 Å². The van der Waals surface area contributed by atoms with Crippen LogP contribution in [0.2, 0.25) is 0 Å². The van der Waals surface area contributed by atoms with Crippen molar-refractivity contribution in [3.05, 3.63) is 35.4 Å². The molecule has 0 unspecified atom stereocenters. The normalized spacial score (nSPS) is 21.8. The summed E-state index contributed by atoms with van der Waals surface area (Å²) in [5.41, 5.74) is 0.949. The first kappa shape index (κ1) is 18.8. The molecule has 7 nitrogen and oxygen atoms in total. The maximum absolute atomic E-state index is 13.2. The van der Waals surface area contributed by atoms with Crippen LogP contribution in [-0.2, 0) is 22.4 Å². The average Bonchev–Trinajstić information content (AvgIpc) is 3.13. The summed E-state index contributed by atoms with van der Waals surface area (Å²) in [6.45, 7) is 6.26. The molecule has 1 aromatic rings. The number of amides is 4. The molecule has 0 saturated carbocycles. The third-order valence-electron chi connectivity index (χ3n) is 5.86. The van der Waals surface area contributed by atoms with Gasteiger partial charge in [-0.25, -0.2) is 9.59 Å². The van der Waals surface area contributed by atoms with Gasteiger partial charge in [0.2, 0.25) is 0 Å². The number of hydrogen-bond acceptors (Lipinski definition) is 4. The molecule has 2 saturated heterocycles. The number of carbonyl (C=O) groups is 3. The second kappa shape index (κ2) is 6.50. The molecule has 1 spiro atoms. The van der Waals surface area contributed by atoms with E-state index >= 15 is 0 Å². The standard InChI is InChI=1S/C21H27N3O4/c1-20(2,3)28-19(27)23-10-8-21(9-11-23)17(25)24(18(26)22-21)16-12-14-6-4-5-7-15(14)13-16/h4-7,16H,8-13H2,1-3H3,(H,22,26). The molecule has 3 aliphatic rings. The van der Waals surface area contributed by atoms with Crippen LogP contribution in [0.25, 0.3) is 0 Å². The summed E-state index contributed by atoms with van der Waals surface area (Å²) in [5, 5.41) is 2.94. The minimum Gasteiger partial charge on any atom is -0.444 e. The maximum Gasteiger partial charge on any atom is 0.410 e. The Labute approximate surface area is 165 Å². The molecule has 4 amide bonds. The average molecular weight is 385 g/mol. The van der Waals surface area contributed by atoms with Gasteiger partial charge in [0.1, 0.15) is 11.1 Å². The summed E-state index contributed by atoms with van der Waals surface area (Å²) in [6, 6.07) is 7.65. The molecule has 2 heterocycles. The quantitative estimate of drug-likeness (QED) is 0.754. The van der Waals surface area contributed by atoms with Crippen LogP contribution >= 0.6 is 0 Å². The zero-order valence-electron chi connectivity index (χ0n) is 16.7. The van der Waals surface area contributed by atoms with Gasteiger partial charge in [-0.3, -0.25) is 9.69 Å². The van der Waals surface area contributed by atoms with Crippen molar-refractivity contribution < 1.29 is 19.1 Å². The van der Waals surface area contributed by atoms with Crippen LogP contribution in [-0.4, -0.2) is 58.1 Å². The van der Waals surface area contributed by atoms with E-state index in [9.17, 15) is 14.4 Å². The maximum atomic E-state index is 13.2. The lowest BCUT2D eigenvalue weighted by molar-refractivity contribution is -0.134. The largest absolute Gasteiger partial charge is 0.444 e. The number of carbonyl (C=O) groups excluding carboxylic acids is 3. The molecule has 0 atom stereocenters. The Morgan fingerprint density at radius 2 is 1.68 bits per heavy atom. The minimum atomic E-state index is -0.898. The van der Waals surface area contributed by atoms with Crippen molar-refractivity contribution in [2.24, 2.45) is 0 Å². The van der Waals surface area contributed by atoms with Crippen molar-refractivity contribution in [1.82, 2.24) is 15.1 Å². The van der Waals surface area contributed by atoms with Gasteiger partial charge in [-0.05, 0) is 57.6 Å². The molecule has 0 bridgehead atoms. The third-order valence-corrected chi connectivity index (χ3v) is 5.86. The van der Waals surface area contributed by atoms with Gasteiger partial charge in [0.15, 0.2) is 0 Å². The van der Waals surface area contributed by atoms with Gasteiger partial charge in [-0.2, -0.15) is 0 Å². The van der Waals surface area contributed by atoms with Crippen molar-refractivity contribution in [2.75, 3.05) is 13.1 Å². The first-order valence-electron chi connectivity index (χ1n) is 9.89. The smallest absolute Gasteiger partial charge is 0.410 e. The van der Waals surface area contributed by atoms with E-state index in [1.165, 1.54) is 16.0 Å². The summed E-state index contributed by atoms with van der Waals surface area (Å²) in [7, 11) is 0. The van der Waals surface area contributed by atoms with Crippen LogP contribution < -0.4 is 5.32 Å². The van der Waals surface area contributed by atoms with Gasteiger partial charge < -0.3 is 15.0 Å². The molecule has 1 N–H and O–H groups in total. The van der Waals surface area contributed by atoms with Gasteiger partial charge >= 0.3 is 12.1 Å². The van der Waals surface area contributed by atoms with Crippen LogP contribution in [0, 0.1) is 0 Å². The van der Waals surface area contributed by atoms with Gasteiger partial charge in [-0.1, -0.05) is 24.3 Å². The van der Waals surface area contributed by atoms with Crippen molar-refractivity contribution in [2.45, 2.75) is 63.6 Å². The molecular weight excluding hydrogens is 358 g/mol. The topological polar surface area (TPSA) is 79.0 Å². The summed E-state index contributed by atoms with van der Waals surface area (Å²) in [5.74, 6) is -0.154. The fourth-order valence-electron chi connectivity index (χ4n) is 4.43. The minimum absolute atomic E-state index is 0.131. The SMILES string of the molecule is CC(C)(C)OC(=O)N1CCC2(CC1)NC(=O)N(C1Cc3ccccc3C1)C2=O. The number of imide groups is 1. The predicted molar refractivity (Wildman–Crippen MR) is 103 cm³/mol. The Bertz CT molecular complexity index is 796. The van der Waals surface area contributed by atoms with Gasteiger partial charge in [0.25, 0.3) is 5.91 Å². The molecule has 2 aliphatic heterocycles. The number of piperidine rings is 1. The van der Waals surface area contributed by atoms with Crippen molar-refractivity contribution >= 4 is 18.0 Å². The first-order valence-corrected chi connectivity index (χ1v) is 9.89. The lowest BCUT2D eigenvalue weighted by Gasteiger charge is -2.38. The van der Waals surface area contributed by atoms with Crippen molar-refractivity contribution in [1.29, 1.82) is 0 Å². The number of benzene rings is 1. The Balaban J connectivity index is 1.43. The summed E-state index contributed by atoms with van der Waals surface area (Å²) in [6.07, 6.45) is 1.85. The number of ether oxygens (including phenoxy) is 1. The lowest BCUT2D eigenvalue weighted by Crippen LogP contribution is -2.56. The fourth-order valence-corrected chi connectivity index (χ4v) is 4.43. The molecule has 7 heteroatoms. The number of urea groups is 1. The van der Waals surface area contributed by atoms with Gasteiger partial charge in [-0.15, -0.1) is 0 Å². The number of nitrogens with zero attached hydrogens (tertiary/aromatic N) is 2. The summed E-state index contributed by atoms with van der Waals surface area (Å²) in [4.78, 5) is 41.3. The van der Waals surface area contributed by atoms with E-state index in [4.69, 9.17) is 4.74 Å². The Morgan fingerprint density at radius 3 is 2.21 bits per heavy atom. The number of fused-ring (bicyclic) bond motifs is 1. The second-order valence-electron chi connectivity index (χ2n) is 8.99. The van der Waals surface area contributed by atoms with Crippen LogP contribution in [0.1, 0.15) is 44.7 Å². The highest BCUT2D eigenvalue weighted by Crippen LogP contribution is 2.34. The van der Waals surface area contributed by atoms with E-state index in [1.807, 2.05) is 32.9 Å². The molecule has 0 aromatic heterocycles. The summed E-state index contributed by atoms with van der Waals surface area (Å²) >= 11 is 0. The van der Waals surface area contributed by atoms with Gasteiger partial charge in [0.05, 0.1) is 0 Å². The Morgan fingerprint density at radius 1 is 1.11 bits per heavy atom. The second-order valence-corrected chi connectivity index (χ2v) is 8.99. The number of hydrogen-bond donors (Lipinski definition) is 1. The highest BCUT2D eigenvalue weighted by Gasteiger charge is 2.55. The Kier molecular flexibility index (Phi) is 4.36. The molecule has 0 radical (unpaired) electrons. The van der Waals surface area contributed by atoms with Crippen LogP contribution in [0.3, 0.4) is 0 Å². The Hall–Kier alpha value is -2.57. The highest BCUT2D eigenvalue weighted by atomic mass is 16.6. The first-order chi connectivity index (χ1) is 13.2. The third kappa shape index (κ3) is 3.23. The van der Waals surface area contributed by atoms with Crippen LogP contribution in [0.15, 0.2) is 24.3 Å². The molecule has 1 aliphatic carbocycles. The van der Waals surface area contributed by atoms with Crippen molar-refractivity contribution in [3.8, 4) is 0 Å². The molecule has 4 rings (SSSR count). The zero-order chi connectivity index (χ0) is 20.1. The van der Waals surface area contributed by atoms with E-state index in [0.717, 1.165) is 0 Å². The molecule has 2 fully saturated rings. The van der Waals surface area contributed by atoms with E-state index in [0.29, 0.717) is 38.8 Å². The molecular formula is C21H27N3O4. The zero-order valence-corrected chi connectivity index (χ0v) is 16.7. The molecule has 28 heavy (non-hydrogen) atoms. The lowest BCUT2D eigenvalue weighted by atomic mass is 9.87. The monoisotopic (exact) mass is 385 g/mol. The number of rotatable bonds is 1. The summed E-state index contributed by atoms with van der Waals surface area (Å²) < 4.78 is 5.42.